The van der Waals surface area contributed by atoms with E-state index >= 15 is 0 Å². The second-order valence-corrected chi connectivity index (χ2v) is 8.92. The van der Waals surface area contributed by atoms with Crippen LogP contribution in [0.5, 0.6) is 0 Å². The number of hydrogen-bond acceptors (Lipinski definition) is 5. The highest BCUT2D eigenvalue weighted by Crippen LogP contribution is 2.36. The van der Waals surface area contributed by atoms with E-state index in [1.54, 1.807) is 12.1 Å². The molecule has 5 nitrogen and oxygen atoms in total. The number of morpholine rings is 1. The Bertz CT molecular complexity index is 635. The molecule has 2 rings (SSSR count). The van der Waals surface area contributed by atoms with Crippen LogP contribution in [0.4, 0.5) is 11.4 Å². The molecule has 0 aromatic heterocycles. The van der Waals surface area contributed by atoms with Crippen LogP contribution in [0.3, 0.4) is 0 Å². The largest absolute Gasteiger partial charge is 0.396 e. The van der Waals surface area contributed by atoms with Gasteiger partial charge in [0, 0.05) is 19.3 Å². The Morgan fingerprint density at radius 1 is 1.14 bits per heavy atom. The van der Waals surface area contributed by atoms with Crippen LogP contribution >= 0.6 is 0 Å². The van der Waals surface area contributed by atoms with Crippen LogP contribution in [0.1, 0.15) is 27.7 Å². The van der Waals surface area contributed by atoms with E-state index in [0.29, 0.717) is 18.8 Å². The van der Waals surface area contributed by atoms with Gasteiger partial charge in [-0.05, 0) is 39.8 Å². The molecule has 0 atom stereocenters. The van der Waals surface area contributed by atoms with E-state index in [1.807, 2.05) is 33.8 Å². The molecule has 1 heterocycles. The van der Waals surface area contributed by atoms with Crippen LogP contribution in [-0.4, -0.2) is 39.0 Å². The number of nitrogen functional groups attached to an aromatic ring is 1. The first-order valence-corrected chi connectivity index (χ1v) is 8.84. The average Bonchev–Trinajstić information content (AvgIpc) is 2.23. The minimum Gasteiger partial charge on any atom is -0.396 e. The van der Waals surface area contributed by atoms with Gasteiger partial charge in [-0.15, -0.1) is 0 Å². The first-order valence-electron chi connectivity index (χ1n) is 6.95. The van der Waals surface area contributed by atoms with Crippen molar-refractivity contribution in [3.05, 3.63) is 18.2 Å². The highest BCUT2D eigenvalue weighted by Gasteiger charge is 2.39. The highest BCUT2D eigenvalue weighted by molar-refractivity contribution is 7.90. The van der Waals surface area contributed by atoms with Gasteiger partial charge in [0.15, 0.2) is 9.84 Å². The van der Waals surface area contributed by atoms with Crippen molar-refractivity contribution < 1.29 is 13.2 Å². The van der Waals surface area contributed by atoms with Gasteiger partial charge >= 0.3 is 0 Å². The molecule has 1 fully saturated rings. The van der Waals surface area contributed by atoms with E-state index < -0.39 is 9.84 Å². The maximum atomic E-state index is 11.8. The molecule has 1 aliphatic rings. The normalized spacial score (nSPS) is 21.3. The number of ether oxygens (including phenoxy) is 1. The molecule has 0 unspecified atom stereocenters. The zero-order valence-corrected chi connectivity index (χ0v) is 14.1. The van der Waals surface area contributed by atoms with Gasteiger partial charge < -0.3 is 15.4 Å². The average molecular weight is 312 g/mol. The number of benzene rings is 1. The second kappa shape index (κ2) is 4.88. The van der Waals surface area contributed by atoms with E-state index in [2.05, 4.69) is 4.90 Å². The van der Waals surface area contributed by atoms with Crippen molar-refractivity contribution in [1.29, 1.82) is 0 Å². The number of para-hydroxylation sites is 1. The molecular weight excluding hydrogens is 288 g/mol. The van der Waals surface area contributed by atoms with Crippen molar-refractivity contribution in [1.82, 2.24) is 0 Å². The smallest absolute Gasteiger partial charge is 0.177 e. The number of nitrogens with zero attached hydrogens (tertiary/aromatic N) is 1. The quantitative estimate of drug-likeness (QED) is 0.846. The van der Waals surface area contributed by atoms with Crippen LogP contribution in [0.2, 0.25) is 0 Å². The summed E-state index contributed by atoms with van der Waals surface area (Å²) in [7, 11) is -3.34. The predicted octanol–water partition coefficient (Wildman–Crippen LogP) is 2.07. The lowest BCUT2D eigenvalue weighted by Crippen LogP contribution is -2.57. The summed E-state index contributed by atoms with van der Waals surface area (Å²) in [5.41, 5.74) is 6.53. The molecule has 1 aromatic rings. The van der Waals surface area contributed by atoms with Crippen LogP contribution in [0.15, 0.2) is 23.1 Å². The molecule has 21 heavy (non-hydrogen) atoms. The maximum Gasteiger partial charge on any atom is 0.177 e. The second-order valence-electron chi connectivity index (χ2n) is 6.94. The number of nitrogens with two attached hydrogens (primary N) is 1. The van der Waals surface area contributed by atoms with Gasteiger partial charge in [0.25, 0.3) is 0 Å². The zero-order valence-electron chi connectivity index (χ0n) is 13.3. The monoisotopic (exact) mass is 312 g/mol. The van der Waals surface area contributed by atoms with E-state index in [-0.39, 0.29) is 16.1 Å². The summed E-state index contributed by atoms with van der Waals surface area (Å²) in [5.74, 6) is 0. The first-order chi connectivity index (χ1) is 9.41. The van der Waals surface area contributed by atoms with Crippen LogP contribution in [0.25, 0.3) is 0 Å². The number of sulfone groups is 1. The van der Waals surface area contributed by atoms with E-state index in [4.69, 9.17) is 10.5 Å². The molecular formula is C15H24N2O3S. The predicted molar refractivity (Wildman–Crippen MR) is 85.4 cm³/mol. The summed E-state index contributed by atoms with van der Waals surface area (Å²) in [5, 5.41) is 0. The van der Waals surface area contributed by atoms with E-state index in [0.717, 1.165) is 5.69 Å². The minimum atomic E-state index is -3.34. The Labute approximate surface area is 127 Å². The van der Waals surface area contributed by atoms with Crippen molar-refractivity contribution >= 4 is 21.2 Å². The molecule has 0 radical (unpaired) electrons. The summed E-state index contributed by atoms with van der Waals surface area (Å²) < 4.78 is 29.7. The Hall–Kier alpha value is -1.27. The van der Waals surface area contributed by atoms with Crippen molar-refractivity contribution in [2.24, 2.45) is 0 Å². The Morgan fingerprint density at radius 3 is 2.14 bits per heavy atom. The van der Waals surface area contributed by atoms with Gasteiger partial charge in [-0.1, -0.05) is 6.07 Å². The lowest BCUT2D eigenvalue weighted by molar-refractivity contribution is -0.133. The van der Waals surface area contributed by atoms with Gasteiger partial charge in [-0.3, -0.25) is 0 Å². The topological polar surface area (TPSA) is 72.6 Å². The molecule has 0 saturated carbocycles. The molecule has 1 aromatic carbocycles. The maximum absolute atomic E-state index is 11.8. The highest BCUT2D eigenvalue weighted by atomic mass is 32.2. The zero-order chi connectivity index (χ0) is 16.1. The molecule has 0 spiro atoms. The number of anilines is 2. The summed E-state index contributed by atoms with van der Waals surface area (Å²) in [4.78, 5) is 2.29. The van der Waals surface area contributed by atoms with Gasteiger partial charge in [0.05, 0.1) is 27.5 Å². The Kier molecular flexibility index (Phi) is 3.74. The summed E-state index contributed by atoms with van der Waals surface area (Å²) >= 11 is 0. The van der Waals surface area contributed by atoms with Crippen LogP contribution in [0, 0.1) is 0 Å². The summed E-state index contributed by atoms with van der Waals surface area (Å²) in [6, 6.07) is 5.14. The fraction of sp³-hybridized carbons (Fsp3) is 0.600. The molecule has 2 N–H and O–H groups in total. The van der Waals surface area contributed by atoms with Gasteiger partial charge in [0.2, 0.25) is 0 Å². The van der Waals surface area contributed by atoms with Crippen molar-refractivity contribution in [3.8, 4) is 0 Å². The molecule has 0 amide bonds. The Balaban J connectivity index is 2.48. The SMILES string of the molecule is CC1(C)CN(c2cccc(S(C)(=O)=O)c2N)CC(C)(C)O1. The van der Waals surface area contributed by atoms with Crippen molar-refractivity contribution in [2.75, 3.05) is 30.0 Å². The minimum absolute atomic E-state index is 0.183. The molecule has 0 aliphatic carbocycles. The summed E-state index contributed by atoms with van der Waals surface area (Å²) in [6.45, 7) is 9.42. The van der Waals surface area contributed by atoms with E-state index in [9.17, 15) is 8.42 Å². The molecule has 1 aliphatic heterocycles. The third kappa shape index (κ3) is 3.49. The van der Waals surface area contributed by atoms with E-state index in [1.165, 1.54) is 6.26 Å². The first kappa shape index (κ1) is 16.1. The Morgan fingerprint density at radius 2 is 1.67 bits per heavy atom. The van der Waals surface area contributed by atoms with Crippen LogP contribution < -0.4 is 10.6 Å². The van der Waals surface area contributed by atoms with Crippen molar-refractivity contribution in [2.45, 2.75) is 43.8 Å². The molecule has 0 bridgehead atoms. The lowest BCUT2D eigenvalue weighted by Gasteiger charge is -2.48. The van der Waals surface area contributed by atoms with Crippen molar-refractivity contribution in [3.63, 3.8) is 0 Å². The lowest BCUT2D eigenvalue weighted by atomic mass is 9.98. The fourth-order valence-electron chi connectivity index (χ4n) is 3.09. The van der Waals surface area contributed by atoms with Gasteiger partial charge in [-0.25, -0.2) is 8.42 Å². The standard InChI is InChI=1S/C15H24N2O3S/c1-14(2)9-17(10-15(3,4)20-14)11-7-6-8-12(13(11)16)21(5,18)19/h6-8H,9-10,16H2,1-5H3. The third-order valence-corrected chi connectivity index (χ3v) is 4.63. The van der Waals surface area contributed by atoms with Crippen LogP contribution in [-0.2, 0) is 14.6 Å². The molecule has 6 heteroatoms. The van der Waals surface area contributed by atoms with Gasteiger partial charge in [-0.2, -0.15) is 0 Å². The fourth-order valence-corrected chi connectivity index (χ4v) is 3.92. The van der Waals surface area contributed by atoms with Gasteiger partial charge in [0.1, 0.15) is 0 Å². The number of hydrogen-bond donors (Lipinski definition) is 1. The number of rotatable bonds is 2. The summed E-state index contributed by atoms with van der Waals surface area (Å²) in [6.07, 6.45) is 1.18. The molecule has 1 saturated heterocycles. The third-order valence-electron chi connectivity index (χ3n) is 3.48. The molecule has 118 valence electrons.